The maximum Gasteiger partial charge on any atom is 0.407 e. The van der Waals surface area contributed by atoms with Gasteiger partial charge in [0.05, 0.1) is 21.6 Å². The van der Waals surface area contributed by atoms with Crippen molar-refractivity contribution < 1.29 is 19.1 Å². The number of carbonyl (C=O) groups is 1. The fourth-order valence-electron chi connectivity index (χ4n) is 2.02. The Balaban J connectivity index is 3.12. The number of alkyl carbamates (subject to hydrolysis) is 1. The van der Waals surface area contributed by atoms with E-state index in [1.807, 2.05) is 32.9 Å². The molecule has 0 spiro atoms. The lowest BCUT2D eigenvalue weighted by atomic mass is 10.1. The van der Waals surface area contributed by atoms with Gasteiger partial charge in [-0.1, -0.05) is 20.8 Å². The van der Waals surface area contributed by atoms with Crippen molar-refractivity contribution in [3.63, 3.8) is 0 Å². The molecule has 0 fully saturated rings. The quantitative estimate of drug-likeness (QED) is 0.431. The van der Waals surface area contributed by atoms with Gasteiger partial charge in [-0.05, 0) is 88.5 Å². The van der Waals surface area contributed by atoms with Crippen LogP contribution in [0.4, 0.5) is 4.79 Å². The lowest BCUT2D eigenvalue weighted by molar-refractivity contribution is 0.0496. The Morgan fingerprint density at radius 1 is 1.15 bits per heavy atom. The highest BCUT2D eigenvalue weighted by Crippen LogP contribution is 2.41. The highest BCUT2D eigenvalue weighted by Gasteiger charge is 2.39. The SMILES string of the molecule is CC(C)(C)OC(=O)NC[C@@H](O[Si](C)(C)C(C)(C)C)c1cc(Br)c(O)c(Br)c1. The molecule has 0 aromatic heterocycles. The molecule has 154 valence electrons. The van der Waals surface area contributed by atoms with Crippen LogP contribution in [0.5, 0.6) is 5.75 Å². The number of hydrogen-bond donors (Lipinski definition) is 2. The minimum atomic E-state index is -2.10. The van der Waals surface area contributed by atoms with E-state index in [-0.39, 0.29) is 23.4 Å². The van der Waals surface area contributed by atoms with Gasteiger partial charge in [0, 0.05) is 0 Å². The first kappa shape index (κ1) is 24.5. The molecule has 27 heavy (non-hydrogen) atoms. The number of amides is 1. The van der Waals surface area contributed by atoms with Crippen molar-refractivity contribution in [2.45, 2.75) is 71.4 Å². The van der Waals surface area contributed by atoms with Crippen molar-refractivity contribution >= 4 is 46.3 Å². The first-order valence-corrected chi connectivity index (χ1v) is 13.4. The van der Waals surface area contributed by atoms with E-state index in [1.54, 1.807) is 0 Å². The Labute approximate surface area is 180 Å². The first-order valence-electron chi connectivity index (χ1n) is 8.86. The lowest BCUT2D eigenvalue weighted by Gasteiger charge is -2.39. The maximum absolute atomic E-state index is 12.1. The summed E-state index contributed by atoms with van der Waals surface area (Å²) in [6.45, 7) is 16.6. The molecule has 0 bridgehead atoms. The largest absolute Gasteiger partial charge is 0.506 e. The fourth-order valence-corrected chi connectivity index (χ4v) is 4.53. The Morgan fingerprint density at radius 3 is 2.04 bits per heavy atom. The topological polar surface area (TPSA) is 67.8 Å². The third-order valence-corrected chi connectivity index (χ3v) is 10.2. The molecule has 1 amide bonds. The van der Waals surface area contributed by atoms with Gasteiger partial charge in [-0.2, -0.15) is 0 Å². The number of halogens is 2. The second-order valence-electron chi connectivity index (χ2n) is 9.08. The number of ether oxygens (including phenoxy) is 1. The predicted octanol–water partition coefficient (Wildman–Crippen LogP) is 6.50. The molecule has 0 aliphatic rings. The number of rotatable bonds is 5. The molecule has 0 aliphatic carbocycles. The highest BCUT2D eigenvalue weighted by molar-refractivity contribution is 9.11. The molecule has 0 unspecified atom stereocenters. The third kappa shape index (κ3) is 7.40. The average molecular weight is 525 g/mol. The van der Waals surface area contributed by atoms with Crippen LogP contribution in [0.2, 0.25) is 18.1 Å². The lowest BCUT2D eigenvalue weighted by Crippen LogP contribution is -2.44. The highest BCUT2D eigenvalue weighted by atomic mass is 79.9. The van der Waals surface area contributed by atoms with Crippen LogP contribution >= 0.6 is 31.9 Å². The molecule has 1 aromatic carbocycles. The minimum absolute atomic E-state index is 0.0164. The van der Waals surface area contributed by atoms with Crippen molar-refractivity contribution in [1.29, 1.82) is 0 Å². The second kappa shape index (κ2) is 8.84. The normalized spacial score (nSPS) is 14.0. The summed E-state index contributed by atoms with van der Waals surface area (Å²) in [6.07, 6.45) is -0.852. The Morgan fingerprint density at radius 2 is 1.63 bits per heavy atom. The van der Waals surface area contributed by atoms with E-state index < -0.39 is 20.0 Å². The molecule has 1 rings (SSSR count). The van der Waals surface area contributed by atoms with Gasteiger partial charge >= 0.3 is 6.09 Å². The van der Waals surface area contributed by atoms with Crippen molar-refractivity contribution in [2.75, 3.05) is 6.54 Å². The number of phenolic OH excluding ortho intramolecular Hbond substituents is 1. The van der Waals surface area contributed by atoms with Crippen LogP contribution in [0.1, 0.15) is 53.2 Å². The summed E-state index contributed by atoms with van der Waals surface area (Å²) in [6, 6.07) is 3.63. The molecule has 0 aliphatic heterocycles. The summed E-state index contributed by atoms with van der Waals surface area (Å²) in [5.41, 5.74) is 0.289. The molecular formula is C19H31Br2NO4Si. The number of benzene rings is 1. The van der Waals surface area contributed by atoms with Gasteiger partial charge in [-0.15, -0.1) is 0 Å². The van der Waals surface area contributed by atoms with E-state index in [9.17, 15) is 9.90 Å². The monoisotopic (exact) mass is 523 g/mol. The summed E-state index contributed by atoms with van der Waals surface area (Å²) >= 11 is 6.74. The van der Waals surface area contributed by atoms with E-state index >= 15 is 0 Å². The van der Waals surface area contributed by atoms with Crippen LogP contribution in [0.3, 0.4) is 0 Å². The van der Waals surface area contributed by atoms with Crippen LogP contribution < -0.4 is 5.32 Å². The van der Waals surface area contributed by atoms with Gasteiger partial charge in [0.1, 0.15) is 11.4 Å². The van der Waals surface area contributed by atoms with Gasteiger partial charge < -0.3 is 19.6 Å². The van der Waals surface area contributed by atoms with Gasteiger partial charge in [-0.3, -0.25) is 0 Å². The second-order valence-corrected chi connectivity index (χ2v) is 15.5. The summed E-state index contributed by atoms with van der Waals surface area (Å²) in [5.74, 6) is 0.130. The van der Waals surface area contributed by atoms with Crippen molar-refractivity contribution in [3.05, 3.63) is 26.6 Å². The molecule has 2 N–H and O–H groups in total. The predicted molar refractivity (Wildman–Crippen MR) is 119 cm³/mol. The molecular weight excluding hydrogens is 494 g/mol. The minimum Gasteiger partial charge on any atom is -0.506 e. The molecule has 0 radical (unpaired) electrons. The van der Waals surface area contributed by atoms with Crippen LogP contribution in [0, 0.1) is 0 Å². The van der Waals surface area contributed by atoms with E-state index in [0.29, 0.717) is 8.95 Å². The van der Waals surface area contributed by atoms with Crippen LogP contribution in [0.25, 0.3) is 0 Å². The van der Waals surface area contributed by atoms with E-state index in [2.05, 4.69) is 71.0 Å². The van der Waals surface area contributed by atoms with Gasteiger partial charge in [-0.25, -0.2) is 4.79 Å². The molecule has 8 heteroatoms. The summed E-state index contributed by atoms with van der Waals surface area (Å²) in [4.78, 5) is 12.1. The zero-order valence-corrected chi connectivity index (χ0v) is 21.5. The zero-order valence-electron chi connectivity index (χ0n) is 17.4. The van der Waals surface area contributed by atoms with Crippen molar-refractivity contribution in [3.8, 4) is 5.75 Å². The number of carbonyl (C=O) groups excluding carboxylic acids is 1. The maximum atomic E-state index is 12.1. The van der Waals surface area contributed by atoms with E-state index in [1.165, 1.54) is 0 Å². The van der Waals surface area contributed by atoms with Crippen molar-refractivity contribution in [1.82, 2.24) is 5.32 Å². The fraction of sp³-hybridized carbons (Fsp3) is 0.632. The molecule has 1 atom stereocenters. The summed E-state index contributed by atoms with van der Waals surface area (Å²) in [5, 5.41) is 12.8. The average Bonchev–Trinajstić information content (AvgIpc) is 2.45. The van der Waals surface area contributed by atoms with Crippen LogP contribution in [0.15, 0.2) is 21.1 Å². The first-order chi connectivity index (χ1) is 12.0. The molecule has 5 nitrogen and oxygen atoms in total. The van der Waals surface area contributed by atoms with E-state index in [0.717, 1.165) is 5.56 Å². The number of aromatic hydroxyl groups is 1. The van der Waals surface area contributed by atoms with Gasteiger partial charge in [0.15, 0.2) is 8.32 Å². The molecule has 0 saturated carbocycles. The Bertz CT molecular complexity index is 658. The number of nitrogens with one attached hydrogen (secondary N) is 1. The number of phenols is 1. The van der Waals surface area contributed by atoms with Gasteiger partial charge in [0.2, 0.25) is 0 Å². The van der Waals surface area contributed by atoms with Crippen LogP contribution in [-0.2, 0) is 9.16 Å². The molecule has 0 heterocycles. The smallest absolute Gasteiger partial charge is 0.407 e. The standard InChI is InChI=1S/C19H31Br2NO4Si/c1-18(2,3)25-17(24)22-11-15(26-27(7,8)19(4,5)6)12-9-13(20)16(23)14(21)10-12/h9-10,15,23H,11H2,1-8H3,(H,22,24)/t15-/m1/s1. The zero-order chi connectivity index (χ0) is 21.2. The Hall–Kier alpha value is -0.573. The van der Waals surface area contributed by atoms with Gasteiger partial charge in [0.25, 0.3) is 0 Å². The third-order valence-electron chi connectivity index (χ3n) is 4.48. The summed E-state index contributed by atoms with van der Waals surface area (Å²) in [7, 11) is -2.10. The van der Waals surface area contributed by atoms with Crippen LogP contribution in [-0.4, -0.2) is 31.7 Å². The van der Waals surface area contributed by atoms with E-state index in [4.69, 9.17) is 9.16 Å². The van der Waals surface area contributed by atoms with Crippen molar-refractivity contribution in [2.24, 2.45) is 0 Å². The number of hydrogen-bond acceptors (Lipinski definition) is 4. The molecule has 1 aromatic rings. The summed E-state index contributed by atoms with van der Waals surface area (Å²) < 4.78 is 13.0. The Kier molecular flexibility index (Phi) is 8.01. The molecule has 0 saturated heterocycles.